The normalized spacial score (nSPS) is 20.9. The summed E-state index contributed by atoms with van der Waals surface area (Å²) in [4.78, 5) is 0. The molecule has 0 aromatic carbocycles. The minimum Gasteiger partial charge on any atom is -0.379 e. The van der Waals surface area contributed by atoms with Crippen molar-refractivity contribution >= 4 is 0 Å². The largest absolute Gasteiger partial charge is 0.379 e. The van der Waals surface area contributed by atoms with Gasteiger partial charge in [-0.05, 0) is 24.7 Å². The van der Waals surface area contributed by atoms with Crippen LogP contribution in [-0.2, 0) is 14.2 Å². The Morgan fingerprint density at radius 3 is 1.22 bits per heavy atom. The Balaban J connectivity index is 1.27. The van der Waals surface area contributed by atoms with E-state index in [1.54, 1.807) is 0 Å². The third-order valence-electron chi connectivity index (χ3n) is 5.53. The van der Waals surface area contributed by atoms with Crippen molar-refractivity contribution in [3.05, 3.63) is 0 Å². The van der Waals surface area contributed by atoms with Crippen LogP contribution in [0.4, 0.5) is 0 Å². The van der Waals surface area contributed by atoms with Gasteiger partial charge in [-0.2, -0.15) is 0 Å². The van der Waals surface area contributed by atoms with E-state index in [0.717, 1.165) is 38.3 Å². The molecule has 0 spiro atoms. The minimum absolute atomic E-state index is 0.705. The highest BCUT2D eigenvalue weighted by molar-refractivity contribution is 4.66. The Labute approximate surface area is 143 Å². The first-order valence-electron chi connectivity index (χ1n) is 10.2. The summed E-state index contributed by atoms with van der Waals surface area (Å²) in [6.45, 7) is 4.69. The lowest BCUT2D eigenvalue weighted by atomic mass is 9.97. The summed E-state index contributed by atoms with van der Waals surface area (Å²) in [5, 5.41) is 0. The van der Waals surface area contributed by atoms with E-state index in [1.807, 2.05) is 0 Å². The van der Waals surface area contributed by atoms with Crippen molar-refractivity contribution in [2.75, 3.05) is 39.6 Å². The highest BCUT2D eigenvalue weighted by Crippen LogP contribution is 2.27. The predicted molar refractivity (Wildman–Crippen MR) is 94.8 cm³/mol. The maximum atomic E-state index is 5.71. The highest BCUT2D eigenvalue weighted by Gasteiger charge is 2.14. The molecule has 0 aliphatic heterocycles. The van der Waals surface area contributed by atoms with Crippen LogP contribution >= 0.6 is 0 Å². The molecule has 2 aliphatic rings. The third kappa shape index (κ3) is 9.69. The van der Waals surface area contributed by atoms with E-state index in [9.17, 15) is 0 Å². The second kappa shape index (κ2) is 13.2. The number of hydrogen-bond acceptors (Lipinski definition) is 3. The van der Waals surface area contributed by atoms with Gasteiger partial charge in [0, 0.05) is 13.2 Å². The van der Waals surface area contributed by atoms with Gasteiger partial charge in [0.2, 0.25) is 0 Å². The van der Waals surface area contributed by atoms with Crippen molar-refractivity contribution in [1.29, 1.82) is 0 Å². The van der Waals surface area contributed by atoms with E-state index in [2.05, 4.69) is 0 Å². The van der Waals surface area contributed by atoms with Crippen LogP contribution in [0, 0.1) is 11.8 Å². The second-order valence-electron chi connectivity index (χ2n) is 7.42. The summed E-state index contributed by atoms with van der Waals surface area (Å²) in [6, 6.07) is 0. The molecule has 2 aliphatic carbocycles. The highest BCUT2D eigenvalue weighted by atomic mass is 16.5. The smallest absolute Gasteiger partial charge is 0.0701 e. The molecule has 2 rings (SSSR count). The lowest BCUT2D eigenvalue weighted by Crippen LogP contribution is -2.12. The molecule has 2 saturated carbocycles. The summed E-state index contributed by atoms with van der Waals surface area (Å²) < 4.78 is 16.9. The van der Waals surface area contributed by atoms with Crippen LogP contribution in [0.15, 0.2) is 0 Å². The monoisotopic (exact) mass is 326 g/mol. The molecule has 0 radical (unpaired) electrons. The fourth-order valence-corrected chi connectivity index (χ4v) is 3.99. The van der Waals surface area contributed by atoms with Crippen molar-refractivity contribution in [3.63, 3.8) is 0 Å². The van der Waals surface area contributed by atoms with Crippen LogP contribution in [-0.4, -0.2) is 39.6 Å². The molecule has 0 atom stereocenters. The van der Waals surface area contributed by atoms with Crippen LogP contribution in [0.3, 0.4) is 0 Å². The van der Waals surface area contributed by atoms with E-state index in [-0.39, 0.29) is 0 Å². The second-order valence-corrected chi connectivity index (χ2v) is 7.42. The molecule has 23 heavy (non-hydrogen) atoms. The molecule has 136 valence electrons. The summed E-state index contributed by atoms with van der Waals surface area (Å²) in [5.41, 5.74) is 0. The lowest BCUT2D eigenvalue weighted by Gasteiger charge is -2.13. The number of rotatable bonds is 12. The van der Waals surface area contributed by atoms with Gasteiger partial charge in [0.1, 0.15) is 0 Å². The van der Waals surface area contributed by atoms with Crippen molar-refractivity contribution in [3.8, 4) is 0 Å². The SMILES string of the molecule is C1CCCC(CCOCCOCCOCCC2CCCC2)CC1. The van der Waals surface area contributed by atoms with Crippen LogP contribution in [0.5, 0.6) is 0 Å². The van der Waals surface area contributed by atoms with Gasteiger partial charge in [0.25, 0.3) is 0 Å². The van der Waals surface area contributed by atoms with Gasteiger partial charge in [-0.3, -0.25) is 0 Å². The van der Waals surface area contributed by atoms with E-state index < -0.39 is 0 Å². The average molecular weight is 327 g/mol. The molecular formula is C20H38O3. The van der Waals surface area contributed by atoms with Crippen LogP contribution in [0.25, 0.3) is 0 Å². The zero-order valence-corrected chi connectivity index (χ0v) is 15.1. The molecule has 0 amide bonds. The van der Waals surface area contributed by atoms with Crippen molar-refractivity contribution in [1.82, 2.24) is 0 Å². The lowest BCUT2D eigenvalue weighted by molar-refractivity contribution is 0.00999. The first kappa shape index (κ1) is 19.2. The van der Waals surface area contributed by atoms with Gasteiger partial charge in [-0.1, -0.05) is 64.2 Å². The predicted octanol–water partition coefficient (Wildman–Crippen LogP) is 4.98. The quantitative estimate of drug-likeness (QED) is 0.374. The van der Waals surface area contributed by atoms with Gasteiger partial charge >= 0.3 is 0 Å². The maximum Gasteiger partial charge on any atom is 0.0701 e. The van der Waals surface area contributed by atoms with E-state index in [1.165, 1.54) is 77.0 Å². The van der Waals surface area contributed by atoms with Crippen molar-refractivity contribution in [2.24, 2.45) is 11.8 Å². The van der Waals surface area contributed by atoms with E-state index >= 15 is 0 Å². The Kier molecular flexibility index (Phi) is 11.0. The molecule has 0 saturated heterocycles. The van der Waals surface area contributed by atoms with Crippen LogP contribution in [0.1, 0.15) is 77.0 Å². The molecule has 0 aromatic heterocycles. The Morgan fingerprint density at radius 1 is 0.435 bits per heavy atom. The fraction of sp³-hybridized carbons (Fsp3) is 1.00. The van der Waals surface area contributed by atoms with E-state index in [4.69, 9.17) is 14.2 Å². The Morgan fingerprint density at radius 2 is 0.783 bits per heavy atom. The van der Waals surface area contributed by atoms with Crippen molar-refractivity contribution < 1.29 is 14.2 Å². The Hall–Kier alpha value is -0.120. The standard InChI is InChI=1S/C20H38O3/c1-2-4-8-19(7-3-1)11-13-21-15-17-23-18-16-22-14-12-20-9-5-6-10-20/h19-20H,1-18H2. The number of hydrogen-bond donors (Lipinski definition) is 0. The molecule has 0 aromatic rings. The zero-order chi connectivity index (χ0) is 16.0. The van der Waals surface area contributed by atoms with Gasteiger partial charge in [-0.15, -0.1) is 0 Å². The molecule has 3 heteroatoms. The summed E-state index contributed by atoms with van der Waals surface area (Å²) >= 11 is 0. The van der Waals surface area contributed by atoms with Crippen LogP contribution in [0.2, 0.25) is 0 Å². The summed E-state index contributed by atoms with van der Waals surface area (Å²) in [6.07, 6.45) is 16.7. The first-order valence-corrected chi connectivity index (χ1v) is 10.2. The van der Waals surface area contributed by atoms with Gasteiger partial charge in [0.15, 0.2) is 0 Å². The minimum atomic E-state index is 0.705. The molecular weight excluding hydrogens is 288 g/mol. The first-order chi connectivity index (χ1) is 11.4. The Bertz CT molecular complexity index is 256. The molecule has 0 N–H and O–H groups in total. The fourth-order valence-electron chi connectivity index (χ4n) is 3.99. The molecule has 3 nitrogen and oxygen atoms in total. The summed E-state index contributed by atoms with van der Waals surface area (Å²) in [5.74, 6) is 1.84. The van der Waals surface area contributed by atoms with Gasteiger partial charge in [-0.25, -0.2) is 0 Å². The molecule has 0 unspecified atom stereocenters. The third-order valence-corrected chi connectivity index (χ3v) is 5.53. The van der Waals surface area contributed by atoms with E-state index in [0.29, 0.717) is 13.2 Å². The number of ether oxygens (including phenoxy) is 3. The maximum absolute atomic E-state index is 5.71. The van der Waals surface area contributed by atoms with Crippen LogP contribution < -0.4 is 0 Å². The van der Waals surface area contributed by atoms with Gasteiger partial charge < -0.3 is 14.2 Å². The van der Waals surface area contributed by atoms with Crippen molar-refractivity contribution in [2.45, 2.75) is 77.0 Å². The zero-order valence-electron chi connectivity index (χ0n) is 15.1. The van der Waals surface area contributed by atoms with Gasteiger partial charge in [0.05, 0.1) is 26.4 Å². The topological polar surface area (TPSA) is 27.7 Å². The summed E-state index contributed by atoms with van der Waals surface area (Å²) in [7, 11) is 0. The molecule has 0 heterocycles. The molecule has 0 bridgehead atoms. The average Bonchev–Trinajstić information content (AvgIpc) is 2.95. The molecule has 2 fully saturated rings.